The molecule has 87 heavy (non-hydrogen) atoms. The fourth-order valence-corrected chi connectivity index (χ4v) is 11.8. The summed E-state index contributed by atoms with van der Waals surface area (Å²) >= 11 is 0. The summed E-state index contributed by atoms with van der Waals surface area (Å²) in [4.78, 5) is 72.4. The molecule has 3 N–H and O–H groups in total. The van der Waals surface area contributed by atoms with Gasteiger partial charge in [0.1, 0.15) is 19.3 Å². The molecule has 0 fully saturated rings. The predicted molar refractivity (Wildman–Crippen MR) is 349 cm³/mol. The lowest BCUT2D eigenvalue weighted by atomic mass is 9.99. The van der Waals surface area contributed by atoms with Gasteiger partial charge in [-0.3, -0.25) is 37.3 Å². The molecule has 0 aliphatic heterocycles. The minimum Gasteiger partial charge on any atom is -0.462 e. The number of carbonyl (C=O) groups excluding carboxylic acids is 4. The van der Waals surface area contributed by atoms with Gasteiger partial charge in [-0.15, -0.1) is 0 Å². The predicted octanol–water partition coefficient (Wildman–Crippen LogP) is 19.4. The van der Waals surface area contributed by atoms with E-state index in [0.29, 0.717) is 25.7 Å². The van der Waals surface area contributed by atoms with Crippen LogP contribution in [0.1, 0.15) is 349 Å². The second-order valence-corrected chi connectivity index (χ2v) is 27.7. The van der Waals surface area contributed by atoms with Gasteiger partial charge in [0.05, 0.1) is 26.4 Å². The van der Waals surface area contributed by atoms with E-state index in [2.05, 4.69) is 34.6 Å². The van der Waals surface area contributed by atoms with Crippen molar-refractivity contribution < 1.29 is 80.2 Å². The lowest BCUT2D eigenvalue weighted by Gasteiger charge is -2.21. The third kappa shape index (κ3) is 61.3. The van der Waals surface area contributed by atoms with E-state index in [-0.39, 0.29) is 25.7 Å². The molecule has 0 radical (unpaired) electrons. The van der Waals surface area contributed by atoms with Crippen molar-refractivity contribution in [1.82, 2.24) is 0 Å². The zero-order valence-corrected chi connectivity index (χ0v) is 57.9. The summed E-state index contributed by atoms with van der Waals surface area (Å²) < 4.78 is 68.1. The summed E-state index contributed by atoms with van der Waals surface area (Å²) in [6, 6.07) is 0. The minimum atomic E-state index is -4.95. The molecule has 0 aliphatic carbocycles. The molecule has 6 atom stereocenters. The van der Waals surface area contributed by atoms with E-state index < -0.39 is 97.5 Å². The molecule has 0 heterocycles. The summed E-state index contributed by atoms with van der Waals surface area (Å²) in [5.41, 5.74) is 0. The highest BCUT2D eigenvalue weighted by Crippen LogP contribution is 2.45. The van der Waals surface area contributed by atoms with E-state index in [4.69, 9.17) is 37.0 Å². The summed E-state index contributed by atoms with van der Waals surface area (Å²) in [5.74, 6) is -1.35. The molecule has 0 rings (SSSR count). The van der Waals surface area contributed by atoms with E-state index in [1.54, 1.807) is 0 Å². The van der Waals surface area contributed by atoms with Crippen molar-refractivity contribution in [2.75, 3.05) is 39.6 Å². The third-order valence-corrected chi connectivity index (χ3v) is 18.0. The van der Waals surface area contributed by atoms with Gasteiger partial charge in [0.2, 0.25) is 0 Å². The van der Waals surface area contributed by atoms with Crippen LogP contribution in [-0.2, 0) is 65.4 Å². The Labute approximate surface area is 530 Å². The highest BCUT2D eigenvalue weighted by molar-refractivity contribution is 7.47. The first-order chi connectivity index (χ1) is 42.1. The van der Waals surface area contributed by atoms with Gasteiger partial charge in [0, 0.05) is 25.7 Å². The van der Waals surface area contributed by atoms with Crippen LogP contribution in [-0.4, -0.2) is 96.7 Å². The molecule has 0 aromatic rings. The van der Waals surface area contributed by atoms with Gasteiger partial charge in [-0.2, -0.15) is 0 Å². The van der Waals surface area contributed by atoms with E-state index in [9.17, 15) is 43.2 Å². The first kappa shape index (κ1) is 85.1. The van der Waals surface area contributed by atoms with Gasteiger partial charge in [-0.1, -0.05) is 298 Å². The molecule has 516 valence electrons. The quantitative estimate of drug-likeness (QED) is 0.0222. The number of aliphatic hydroxyl groups is 1. The van der Waals surface area contributed by atoms with Gasteiger partial charge in [-0.25, -0.2) is 9.13 Å². The number of phosphoric ester groups is 2. The number of carbonyl (C=O) groups is 4. The van der Waals surface area contributed by atoms with Crippen molar-refractivity contribution in [2.45, 2.75) is 368 Å². The van der Waals surface area contributed by atoms with Crippen LogP contribution in [0, 0.1) is 5.92 Å². The monoisotopic (exact) mass is 1280 g/mol. The van der Waals surface area contributed by atoms with E-state index in [0.717, 1.165) is 95.8 Å². The van der Waals surface area contributed by atoms with E-state index in [1.807, 2.05) is 0 Å². The average Bonchev–Trinajstić information content (AvgIpc) is 3.64. The maximum Gasteiger partial charge on any atom is 0.472 e. The zero-order valence-electron chi connectivity index (χ0n) is 56.2. The molecule has 0 aromatic carbocycles. The Morgan fingerprint density at radius 2 is 0.552 bits per heavy atom. The maximum absolute atomic E-state index is 13.0. The Morgan fingerprint density at radius 3 is 0.816 bits per heavy atom. The fourth-order valence-electron chi connectivity index (χ4n) is 10.3. The van der Waals surface area contributed by atoms with Crippen LogP contribution in [0.2, 0.25) is 0 Å². The molecular formula is C68H132O17P2. The van der Waals surface area contributed by atoms with Crippen LogP contribution in [0.15, 0.2) is 0 Å². The summed E-state index contributed by atoms with van der Waals surface area (Å²) in [7, 11) is -9.89. The second-order valence-electron chi connectivity index (χ2n) is 24.8. The van der Waals surface area contributed by atoms with Gasteiger partial charge in [0.15, 0.2) is 12.2 Å². The van der Waals surface area contributed by atoms with Crippen LogP contribution in [0.3, 0.4) is 0 Å². The number of unbranched alkanes of at least 4 members (excludes halogenated alkanes) is 39. The second kappa shape index (κ2) is 61.6. The Morgan fingerprint density at radius 1 is 0.322 bits per heavy atom. The largest absolute Gasteiger partial charge is 0.472 e. The molecule has 0 bridgehead atoms. The number of hydrogen-bond acceptors (Lipinski definition) is 15. The number of hydrogen-bond donors (Lipinski definition) is 3. The highest BCUT2D eigenvalue weighted by Gasteiger charge is 2.30. The molecule has 0 spiro atoms. The Balaban J connectivity index is 5.23. The normalized spacial score (nSPS) is 14.4. The fraction of sp³-hybridized carbons (Fsp3) is 0.941. The highest BCUT2D eigenvalue weighted by atomic mass is 31.2. The minimum absolute atomic E-state index is 0.106. The number of aliphatic hydroxyl groups excluding tert-OH is 1. The van der Waals surface area contributed by atoms with E-state index in [1.165, 1.54) is 173 Å². The molecular weight excluding hydrogens is 1150 g/mol. The SMILES string of the molecule is CCCCCCCCCCCCCCCCCCC(=O)O[C@H](COC(=O)CCCCCCCCCCC(C)CC)COP(=O)(O)OC[C@@H](O)COP(=O)(O)OC[C@@H](COC(=O)CCCCCCCCCCC)OC(=O)CCCCCCCCCCCC. The number of esters is 4. The van der Waals surface area contributed by atoms with Gasteiger partial charge in [-0.05, 0) is 31.6 Å². The van der Waals surface area contributed by atoms with Gasteiger partial charge < -0.3 is 33.8 Å². The molecule has 0 aromatic heterocycles. The van der Waals surface area contributed by atoms with Gasteiger partial charge >= 0.3 is 39.5 Å². The average molecular weight is 1280 g/mol. The summed E-state index contributed by atoms with van der Waals surface area (Å²) in [5, 5.41) is 10.6. The summed E-state index contributed by atoms with van der Waals surface area (Å²) in [6.07, 6.45) is 47.1. The standard InChI is InChI=1S/C68H132O17P2/c1-6-10-13-16-19-22-24-25-26-27-28-29-32-39-44-49-54-68(73)85-64(58-79-66(71)52-47-42-37-34-33-35-40-45-50-61(5)9-4)60-83-87(76,77)81-56-62(69)55-80-86(74,75)82-59-63(57-78-65(70)51-46-41-36-30-21-18-15-12-8-3)84-67(72)53-48-43-38-31-23-20-17-14-11-7-2/h61-64,69H,6-60H2,1-5H3,(H,74,75)(H,76,77)/t61?,62-,63+,64+/m0/s1. The van der Waals surface area contributed by atoms with Crippen LogP contribution in [0.5, 0.6) is 0 Å². The van der Waals surface area contributed by atoms with Crippen molar-refractivity contribution in [1.29, 1.82) is 0 Å². The molecule has 0 saturated heterocycles. The smallest absolute Gasteiger partial charge is 0.462 e. The van der Waals surface area contributed by atoms with Gasteiger partial charge in [0.25, 0.3) is 0 Å². The Hall–Kier alpha value is -1.94. The first-order valence-electron chi connectivity index (χ1n) is 35.7. The molecule has 0 amide bonds. The molecule has 19 heteroatoms. The van der Waals surface area contributed by atoms with Crippen LogP contribution < -0.4 is 0 Å². The Bertz CT molecular complexity index is 1690. The van der Waals surface area contributed by atoms with Crippen LogP contribution in [0.4, 0.5) is 0 Å². The Kier molecular flexibility index (Phi) is 60.2. The number of phosphoric acid groups is 2. The number of ether oxygens (including phenoxy) is 4. The topological polar surface area (TPSA) is 237 Å². The van der Waals surface area contributed by atoms with E-state index >= 15 is 0 Å². The van der Waals surface area contributed by atoms with Crippen molar-refractivity contribution in [3.05, 3.63) is 0 Å². The lowest BCUT2D eigenvalue weighted by Crippen LogP contribution is -2.30. The van der Waals surface area contributed by atoms with Crippen LogP contribution in [0.25, 0.3) is 0 Å². The van der Waals surface area contributed by atoms with Crippen molar-refractivity contribution in [3.63, 3.8) is 0 Å². The van der Waals surface area contributed by atoms with Crippen molar-refractivity contribution in [2.24, 2.45) is 5.92 Å². The first-order valence-corrected chi connectivity index (χ1v) is 38.7. The maximum atomic E-state index is 13.0. The van der Waals surface area contributed by atoms with Crippen molar-refractivity contribution in [3.8, 4) is 0 Å². The third-order valence-electron chi connectivity index (χ3n) is 16.1. The molecule has 17 nitrogen and oxygen atoms in total. The number of rotatable bonds is 68. The molecule has 0 saturated carbocycles. The summed E-state index contributed by atoms with van der Waals surface area (Å²) in [6.45, 7) is 7.21. The van der Waals surface area contributed by atoms with Crippen LogP contribution >= 0.6 is 15.6 Å². The zero-order chi connectivity index (χ0) is 64.2. The molecule has 0 aliphatic rings. The lowest BCUT2D eigenvalue weighted by molar-refractivity contribution is -0.161. The molecule has 3 unspecified atom stereocenters. The van der Waals surface area contributed by atoms with Crippen molar-refractivity contribution >= 4 is 39.5 Å².